The van der Waals surface area contributed by atoms with Gasteiger partial charge in [-0.3, -0.25) is 0 Å². The Labute approximate surface area is 63.2 Å². The second-order valence-corrected chi connectivity index (χ2v) is 3.30. The highest BCUT2D eigenvalue weighted by molar-refractivity contribution is 7.99. The van der Waals surface area contributed by atoms with Crippen LogP contribution in [0.1, 0.15) is 10.9 Å². The Hall–Kier alpha value is -0.480. The molecule has 53 valence electrons. The van der Waals surface area contributed by atoms with E-state index in [1.165, 1.54) is 0 Å². The zero-order valence-corrected chi connectivity index (χ0v) is 6.15. The van der Waals surface area contributed by atoms with E-state index < -0.39 is 0 Å². The Morgan fingerprint density at radius 1 is 1.90 bits per heavy atom. The molecule has 0 saturated carbocycles. The number of nitrogens with zero attached hydrogens (tertiary/aromatic N) is 1. The van der Waals surface area contributed by atoms with Crippen molar-refractivity contribution in [2.75, 3.05) is 12.3 Å². The highest BCUT2D eigenvalue weighted by Gasteiger charge is 2.17. The largest absolute Gasteiger partial charge is 0.364 e. The minimum absolute atomic E-state index is 0.353. The lowest BCUT2D eigenvalue weighted by molar-refractivity contribution is 0.417. The van der Waals surface area contributed by atoms with E-state index in [2.05, 4.69) is 21.2 Å². The van der Waals surface area contributed by atoms with Gasteiger partial charge in [0, 0.05) is 17.9 Å². The van der Waals surface area contributed by atoms with Gasteiger partial charge < -0.3 is 9.84 Å². The van der Waals surface area contributed by atoms with E-state index >= 15 is 0 Å². The van der Waals surface area contributed by atoms with E-state index in [9.17, 15) is 0 Å². The highest BCUT2D eigenvalue weighted by atomic mass is 32.2. The molecule has 1 aliphatic heterocycles. The number of nitrogens with one attached hydrogen (secondary N) is 1. The van der Waals surface area contributed by atoms with Crippen LogP contribution in [0.5, 0.6) is 0 Å². The molecule has 1 fully saturated rings. The van der Waals surface area contributed by atoms with Gasteiger partial charge in [0.15, 0.2) is 0 Å². The van der Waals surface area contributed by atoms with Gasteiger partial charge in [0.2, 0.25) is 0 Å². The first-order valence-corrected chi connectivity index (χ1v) is 4.18. The second-order valence-electron chi connectivity index (χ2n) is 2.09. The van der Waals surface area contributed by atoms with Gasteiger partial charge in [-0.05, 0) is 0 Å². The summed E-state index contributed by atoms with van der Waals surface area (Å²) in [4.78, 5) is 0. The smallest absolute Gasteiger partial charge is 0.141 e. The molecule has 0 spiro atoms. The molecule has 0 aromatic carbocycles. The molecular weight excluding hydrogens is 148 g/mol. The third-order valence-electron chi connectivity index (χ3n) is 1.41. The van der Waals surface area contributed by atoms with Crippen LogP contribution in [0, 0.1) is 6.20 Å². The van der Waals surface area contributed by atoms with E-state index in [-0.39, 0.29) is 0 Å². The summed E-state index contributed by atoms with van der Waals surface area (Å²) < 4.78 is 4.67. The van der Waals surface area contributed by atoms with Crippen molar-refractivity contribution in [1.29, 1.82) is 0 Å². The summed E-state index contributed by atoms with van der Waals surface area (Å²) in [6, 6.07) is 0. The van der Waals surface area contributed by atoms with Crippen LogP contribution < -0.4 is 5.32 Å². The Balaban J connectivity index is 2.12. The number of hydrogen-bond acceptors (Lipinski definition) is 4. The van der Waals surface area contributed by atoms with Crippen LogP contribution >= 0.6 is 11.8 Å². The van der Waals surface area contributed by atoms with E-state index in [0.29, 0.717) is 5.37 Å². The molecular formula is C6H7N2OS. The van der Waals surface area contributed by atoms with E-state index in [0.717, 1.165) is 17.9 Å². The molecule has 0 amide bonds. The number of thioether (sulfide) groups is 1. The van der Waals surface area contributed by atoms with Crippen LogP contribution in [0.25, 0.3) is 0 Å². The fourth-order valence-electron chi connectivity index (χ4n) is 0.934. The van der Waals surface area contributed by atoms with Crippen LogP contribution in [0.3, 0.4) is 0 Å². The zero-order chi connectivity index (χ0) is 6.81. The average molecular weight is 155 g/mol. The van der Waals surface area contributed by atoms with Crippen LogP contribution in [-0.2, 0) is 0 Å². The first kappa shape index (κ1) is 6.24. The van der Waals surface area contributed by atoms with Gasteiger partial charge >= 0.3 is 0 Å². The maximum absolute atomic E-state index is 4.67. The molecule has 1 unspecified atom stereocenters. The molecule has 1 aromatic rings. The average Bonchev–Trinajstić information content (AvgIpc) is 2.59. The lowest BCUT2D eigenvalue weighted by atomic mass is 10.4. The predicted octanol–water partition coefficient (Wildman–Crippen LogP) is 0.810. The summed E-state index contributed by atoms with van der Waals surface area (Å²) in [7, 11) is 0. The minimum Gasteiger partial charge on any atom is -0.364 e. The van der Waals surface area contributed by atoms with Gasteiger partial charge in [0.05, 0.1) is 5.37 Å². The molecule has 1 radical (unpaired) electrons. The molecule has 1 atom stereocenters. The topological polar surface area (TPSA) is 38.1 Å². The van der Waals surface area contributed by atoms with Crippen molar-refractivity contribution in [3.63, 3.8) is 0 Å². The lowest BCUT2D eigenvalue weighted by Gasteiger charge is -2.02. The maximum Gasteiger partial charge on any atom is 0.141 e. The van der Waals surface area contributed by atoms with E-state index in [1.807, 2.05) is 11.8 Å². The quantitative estimate of drug-likeness (QED) is 0.651. The molecule has 3 nitrogen and oxygen atoms in total. The van der Waals surface area contributed by atoms with Crippen LogP contribution in [0.2, 0.25) is 0 Å². The molecule has 1 N–H and O–H groups in total. The van der Waals surface area contributed by atoms with Gasteiger partial charge in [-0.15, -0.1) is 11.8 Å². The summed E-state index contributed by atoms with van der Waals surface area (Å²) >= 11 is 1.86. The van der Waals surface area contributed by atoms with Crippen molar-refractivity contribution >= 4 is 11.8 Å². The number of rotatable bonds is 1. The highest BCUT2D eigenvalue weighted by Crippen LogP contribution is 2.28. The standard InChI is InChI=1S/C6H7N2OS/c1-2-10-6(7-1)5-3-8-9-4-5/h4,6-7H,1-2H2. The number of hydrogen-bond donors (Lipinski definition) is 1. The molecule has 10 heavy (non-hydrogen) atoms. The van der Waals surface area contributed by atoms with Crippen molar-refractivity contribution in [3.05, 3.63) is 18.0 Å². The first-order valence-electron chi connectivity index (χ1n) is 3.14. The summed E-state index contributed by atoms with van der Waals surface area (Å²) in [6.07, 6.45) is 4.41. The van der Waals surface area contributed by atoms with Crippen LogP contribution in [0.4, 0.5) is 0 Å². The van der Waals surface area contributed by atoms with Crippen molar-refractivity contribution in [2.24, 2.45) is 0 Å². The van der Waals surface area contributed by atoms with Crippen molar-refractivity contribution < 1.29 is 4.52 Å². The molecule has 0 aliphatic carbocycles. The fourth-order valence-corrected chi connectivity index (χ4v) is 1.93. The van der Waals surface area contributed by atoms with E-state index in [4.69, 9.17) is 0 Å². The Bertz CT molecular complexity index is 194. The molecule has 1 saturated heterocycles. The monoisotopic (exact) mass is 155 g/mol. The summed E-state index contributed by atoms with van der Waals surface area (Å²) in [5.41, 5.74) is 1.02. The molecule has 0 bridgehead atoms. The predicted molar refractivity (Wildman–Crippen MR) is 38.5 cm³/mol. The fraction of sp³-hybridized carbons (Fsp3) is 0.500. The summed E-state index contributed by atoms with van der Waals surface area (Å²) in [5, 5.41) is 7.16. The Morgan fingerprint density at radius 3 is 3.50 bits per heavy atom. The number of aromatic nitrogens is 1. The van der Waals surface area contributed by atoms with Crippen LogP contribution in [0.15, 0.2) is 10.8 Å². The van der Waals surface area contributed by atoms with Gasteiger partial charge in [-0.25, -0.2) is 0 Å². The van der Waals surface area contributed by atoms with Crippen LogP contribution in [-0.4, -0.2) is 17.5 Å². The van der Waals surface area contributed by atoms with Crippen molar-refractivity contribution in [3.8, 4) is 0 Å². The van der Waals surface area contributed by atoms with Gasteiger partial charge in [0.25, 0.3) is 0 Å². The Kier molecular flexibility index (Phi) is 1.65. The second kappa shape index (κ2) is 2.64. The van der Waals surface area contributed by atoms with Gasteiger partial charge in [-0.1, -0.05) is 5.16 Å². The lowest BCUT2D eigenvalue weighted by Crippen LogP contribution is -2.11. The maximum atomic E-state index is 4.67. The summed E-state index contributed by atoms with van der Waals surface area (Å²) in [6.45, 7) is 1.06. The Morgan fingerprint density at radius 2 is 2.90 bits per heavy atom. The summed E-state index contributed by atoms with van der Waals surface area (Å²) in [5.74, 6) is 1.16. The molecule has 1 aliphatic rings. The third-order valence-corrected chi connectivity index (χ3v) is 2.60. The molecule has 1 aromatic heterocycles. The minimum atomic E-state index is 0.353. The van der Waals surface area contributed by atoms with E-state index in [1.54, 1.807) is 6.26 Å². The van der Waals surface area contributed by atoms with Crippen molar-refractivity contribution in [2.45, 2.75) is 5.37 Å². The van der Waals surface area contributed by atoms with Gasteiger partial charge in [-0.2, -0.15) is 0 Å². The molecule has 2 rings (SSSR count). The SMILES string of the molecule is [c]1nocc1C1NCCS1. The normalized spacial score (nSPS) is 25.4. The first-order chi connectivity index (χ1) is 4.97. The van der Waals surface area contributed by atoms with Crippen molar-refractivity contribution in [1.82, 2.24) is 10.5 Å². The molecule has 4 heteroatoms. The van der Waals surface area contributed by atoms with Gasteiger partial charge in [0.1, 0.15) is 12.5 Å². The zero-order valence-electron chi connectivity index (χ0n) is 5.33. The third kappa shape index (κ3) is 1.04. The molecule has 2 heterocycles.